The molecule has 0 spiro atoms. The minimum atomic E-state index is -4.61. The van der Waals surface area contributed by atoms with E-state index in [1.165, 1.54) is 23.0 Å². The molecule has 4 nitrogen and oxygen atoms in total. The van der Waals surface area contributed by atoms with Gasteiger partial charge in [-0.3, -0.25) is 14.3 Å². The van der Waals surface area contributed by atoms with Crippen LogP contribution in [0.2, 0.25) is 0 Å². The molecule has 0 saturated carbocycles. The van der Waals surface area contributed by atoms with Gasteiger partial charge in [0.05, 0.1) is 22.8 Å². The van der Waals surface area contributed by atoms with Crippen molar-refractivity contribution < 1.29 is 13.2 Å². The van der Waals surface area contributed by atoms with Crippen molar-refractivity contribution >= 4 is 10.9 Å². The molecule has 24 heavy (non-hydrogen) atoms. The average Bonchev–Trinajstić information content (AvgIpc) is 2.54. The van der Waals surface area contributed by atoms with Crippen LogP contribution < -0.4 is 5.56 Å². The highest BCUT2D eigenvalue weighted by atomic mass is 19.4. The van der Waals surface area contributed by atoms with Crippen LogP contribution in [0.1, 0.15) is 24.2 Å². The summed E-state index contributed by atoms with van der Waals surface area (Å²) in [5.74, 6) is 0. The maximum Gasteiger partial charge on any atom is 0.417 e. The molecule has 1 unspecified atom stereocenters. The van der Waals surface area contributed by atoms with E-state index in [-0.39, 0.29) is 11.6 Å². The van der Waals surface area contributed by atoms with Crippen molar-refractivity contribution in [3.05, 3.63) is 70.5 Å². The average molecular weight is 333 g/mol. The Morgan fingerprint density at radius 1 is 1.12 bits per heavy atom. The maximum absolute atomic E-state index is 13.2. The van der Waals surface area contributed by atoms with Crippen LogP contribution in [0.4, 0.5) is 13.2 Å². The van der Waals surface area contributed by atoms with Gasteiger partial charge in [0.1, 0.15) is 0 Å². The summed E-state index contributed by atoms with van der Waals surface area (Å²) in [6.45, 7) is 1.75. The number of alkyl halides is 3. The van der Waals surface area contributed by atoms with Crippen molar-refractivity contribution in [3.8, 4) is 0 Å². The molecule has 0 fully saturated rings. The first kappa shape index (κ1) is 16.2. The third kappa shape index (κ3) is 3.02. The second-order valence-electron chi connectivity index (χ2n) is 5.53. The van der Waals surface area contributed by atoms with Gasteiger partial charge in [-0.25, -0.2) is 4.98 Å². The molecule has 1 aromatic carbocycles. The van der Waals surface area contributed by atoms with Gasteiger partial charge in [-0.15, -0.1) is 0 Å². The van der Waals surface area contributed by atoms with Gasteiger partial charge in [0.15, 0.2) is 0 Å². The summed E-state index contributed by atoms with van der Waals surface area (Å²) >= 11 is 0. The predicted molar refractivity (Wildman–Crippen MR) is 83.7 cm³/mol. The highest BCUT2D eigenvalue weighted by molar-refractivity contribution is 5.81. The van der Waals surface area contributed by atoms with E-state index >= 15 is 0 Å². The molecular weight excluding hydrogens is 319 g/mol. The Hall–Kier alpha value is -2.70. The molecule has 0 aliphatic carbocycles. The van der Waals surface area contributed by atoms with Gasteiger partial charge in [-0.05, 0) is 31.2 Å². The summed E-state index contributed by atoms with van der Waals surface area (Å²) in [6.07, 6.45) is -1.27. The molecule has 0 amide bonds. The van der Waals surface area contributed by atoms with Gasteiger partial charge >= 0.3 is 6.18 Å². The number of nitrogens with zero attached hydrogens (tertiary/aromatic N) is 3. The van der Waals surface area contributed by atoms with Crippen molar-refractivity contribution in [2.75, 3.05) is 0 Å². The standard InChI is InChI=1S/C17H14F3N3O/c1-11(9-12-5-2-3-8-21-12)23-10-22-14-7-4-6-13(17(18,19)20)15(14)16(23)24/h2-8,10-11H,9H2,1H3. The van der Waals surface area contributed by atoms with Crippen molar-refractivity contribution in [2.45, 2.75) is 25.6 Å². The van der Waals surface area contributed by atoms with Crippen LogP contribution >= 0.6 is 0 Å². The molecule has 0 aliphatic rings. The van der Waals surface area contributed by atoms with Gasteiger partial charge in [0, 0.05) is 24.4 Å². The van der Waals surface area contributed by atoms with Crippen LogP contribution in [0, 0.1) is 0 Å². The number of halogens is 3. The first-order chi connectivity index (χ1) is 11.4. The largest absolute Gasteiger partial charge is 0.417 e. The zero-order chi connectivity index (χ0) is 17.3. The molecule has 3 aromatic rings. The summed E-state index contributed by atoms with van der Waals surface area (Å²) in [5, 5.41) is -0.402. The van der Waals surface area contributed by atoms with Crippen molar-refractivity contribution in [3.63, 3.8) is 0 Å². The number of rotatable bonds is 3. The highest BCUT2D eigenvalue weighted by Gasteiger charge is 2.34. The van der Waals surface area contributed by atoms with E-state index in [1.807, 2.05) is 6.07 Å². The van der Waals surface area contributed by atoms with E-state index in [2.05, 4.69) is 9.97 Å². The van der Waals surface area contributed by atoms with E-state index in [9.17, 15) is 18.0 Å². The smallest absolute Gasteiger partial charge is 0.295 e. The van der Waals surface area contributed by atoms with Gasteiger partial charge in [-0.1, -0.05) is 12.1 Å². The minimum absolute atomic E-state index is 0.0381. The van der Waals surface area contributed by atoms with Crippen molar-refractivity contribution in [2.24, 2.45) is 0 Å². The molecule has 1 atom stereocenters. The van der Waals surface area contributed by atoms with Crippen molar-refractivity contribution in [1.82, 2.24) is 14.5 Å². The van der Waals surface area contributed by atoms with Gasteiger partial charge in [0.2, 0.25) is 0 Å². The van der Waals surface area contributed by atoms with E-state index in [0.29, 0.717) is 6.42 Å². The Labute approximate surface area is 135 Å². The topological polar surface area (TPSA) is 47.8 Å². The van der Waals surface area contributed by atoms with E-state index in [1.54, 1.807) is 25.3 Å². The lowest BCUT2D eigenvalue weighted by Gasteiger charge is -2.16. The summed E-state index contributed by atoms with van der Waals surface area (Å²) in [6, 6.07) is 8.58. The molecule has 0 radical (unpaired) electrons. The van der Waals surface area contributed by atoms with Crippen LogP contribution in [-0.4, -0.2) is 14.5 Å². The SMILES string of the molecule is CC(Cc1ccccn1)n1cnc2cccc(C(F)(F)F)c2c1=O. The zero-order valence-corrected chi connectivity index (χ0v) is 12.8. The Morgan fingerprint density at radius 2 is 1.92 bits per heavy atom. The third-order valence-electron chi connectivity index (χ3n) is 3.82. The van der Waals surface area contributed by atoms with E-state index in [4.69, 9.17) is 0 Å². The molecule has 2 aromatic heterocycles. The Kier molecular flexibility index (Phi) is 4.09. The molecule has 0 N–H and O–H groups in total. The van der Waals surface area contributed by atoms with Gasteiger partial charge < -0.3 is 0 Å². The fourth-order valence-corrected chi connectivity index (χ4v) is 2.65. The van der Waals surface area contributed by atoms with Crippen LogP contribution in [-0.2, 0) is 12.6 Å². The lowest BCUT2D eigenvalue weighted by molar-refractivity contribution is -0.136. The number of hydrogen-bond donors (Lipinski definition) is 0. The van der Waals surface area contributed by atoms with Crippen LogP contribution in [0.25, 0.3) is 10.9 Å². The molecule has 124 valence electrons. The molecule has 7 heteroatoms. The fraction of sp³-hybridized carbons (Fsp3) is 0.235. The van der Waals surface area contributed by atoms with E-state index < -0.39 is 22.7 Å². The first-order valence-electron chi connectivity index (χ1n) is 7.35. The second kappa shape index (κ2) is 6.07. The highest BCUT2D eigenvalue weighted by Crippen LogP contribution is 2.32. The van der Waals surface area contributed by atoms with Crippen molar-refractivity contribution in [1.29, 1.82) is 0 Å². The van der Waals surface area contributed by atoms with Crippen LogP contribution in [0.5, 0.6) is 0 Å². The number of fused-ring (bicyclic) bond motifs is 1. The number of hydrogen-bond acceptors (Lipinski definition) is 3. The minimum Gasteiger partial charge on any atom is -0.295 e. The Bertz CT molecular complexity index is 920. The first-order valence-corrected chi connectivity index (χ1v) is 7.35. The Balaban J connectivity index is 2.10. The quantitative estimate of drug-likeness (QED) is 0.735. The summed E-state index contributed by atoms with van der Waals surface area (Å²) in [5.41, 5.74) is -0.870. The third-order valence-corrected chi connectivity index (χ3v) is 3.82. The summed E-state index contributed by atoms with van der Waals surface area (Å²) < 4.78 is 40.8. The number of aromatic nitrogens is 3. The summed E-state index contributed by atoms with van der Waals surface area (Å²) in [7, 11) is 0. The monoisotopic (exact) mass is 333 g/mol. The molecular formula is C17H14F3N3O. The predicted octanol–water partition coefficient (Wildman–Crippen LogP) is 3.61. The number of pyridine rings is 1. The normalized spacial score (nSPS) is 13.2. The second-order valence-corrected chi connectivity index (χ2v) is 5.53. The molecule has 3 rings (SSSR count). The molecule has 0 saturated heterocycles. The molecule has 0 aliphatic heterocycles. The maximum atomic E-state index is 13.2. The fourth-order valence-electron chi connectivity index (χ4n) is 2.65. The van der Waals surface area contributed by atoms with Crippen LogP contribution in [0.3, 0.4) is 0 Å². The lowest BCUT2D eigenvalue weighted by atomic mass is 10.1. The van der Waals surface area contributed by atoms with Gasteiger partial charge in [-0.2, -0.15) is 13.2 Å². The van der Waals surface area contributed by atoms with Gasteiger partial charge in [0.25, 0.3) is 5.56 Å². The molecule has 2 heterocycles. The lowest BCUT2D eigenvalue weighted by Crippen LogP contribution is -2.27. The van der Waals surface area contributed by atoms with E-state index in [0.717, 1.165) is 11.8 Å². The Morgan fingerprint density at radius 3 is 2.58 bits per heavy atom. The number of benzene rings is 1. The molecule has 0 bridgehead atoms. The van der Waals surface area contributed by atoms with Crippen LogP contribution in [0.15, 0.2) is 53.7 Å². The zero-order valence-electron chi connectivity index (χ0n) is 12.8. The summed E-state index contributed by atoms with van der Waals surface area (Å²) in [4.78, 5) is 20.8.